The molecule has 0 saturated carbocycles. The van der Waals surface area contributed by atoms with Crippen molar-refractivity contribution in [2.75, 3.05) is 0 Å². The number of hydrogen-bond acceptors (Lipinski definition) is 3. The molecule has 0 aliphatic rings. The van der Waals surface area contributed by atoms with Crippen LogP contribution in [-0.4, -0.2) is 12.4 Å². The van der Waals surface area contributed by atoms with Gasteiger partial charge in [0.1, 0.15) is 0 Å². The Kier molecular flexibility index (Phi) is 9.17. The second-order valence-corrected chi connectivity index (χ2v) is 3.18. The third-order valence-corrected chi connectivity index (χ3v) is 1.97. The molecule has 0 rings (SSSR count). The maximum Gasteiger partial charge on any atom is 0.313 e. The van der Waals surface area contributed by atoms with E-state index < -0.39 is 5.97 Å². The molecule has 0 radical (unpaired) electrons. The predicted octanol–water partition coefficient (Wildman–Crippen LogP) is 2.60. The molecule has 3 nitrogen and oxygen atoms in total. The lowest BCUT2D eigenvalue weighted by atomic mass is 10.1. The minimum absolute atomic E-state index is 0.187. The summed E-state index contributed by atoms with van der Waals surface area (Å²) in [6.07, 6.45) is 8.62. The summed E-state index contributed by atoms with van der Waals surface area (Å²) in [5, 5.41) is 0. The summed E-state index contributed by atoms with van der Waals surface area (Å²) in [5.41, 5.74) is 0. The van der Waals surface area contributed by atoms with Crippen LogP contribution in [0.5, 0.6) is 0 Å². The Bertz CT molecular complexity index is 175. The summed E-state index contributed by atoms with van der Waals surface area (Å²) in [5.74, 6) is -0.425. The molecule has 0 aliphatic carbocycles. The van der Waals surface area contributed by atoms with Crippen LogP contribution in [0.1, 0.15) is 44.9 Å². The molecule has 0 N–H and O–H groups in total. The van der Waals surface area contributed by atoms with Gasteiger partial charge in [-0.2, -0.15) is 0 Å². The minimum atomic E-state index is -0.425. The third kappa shape index (κ3) is 8.97. The Morgan fingerprint density at radius 2 is 1.79 bits per heavy atom. The number of ether oxygens (including phenoxy) is 1. The van der Waals surface area contributed by atoms with E-state index in [2.05, 4.69) is 11.3 Å². The zero-order valence-electron chi connectivity index (χ0n) is 8.54. The molecule has 0 spiro atoms. The van der Waals surface area contributed by atoms with Gasteiger partial charge in [0.05, 0.1) is 0 Å². The minimum Gasteiger partial charge on any atom is -0.395 e. The van der Waals surface area contributed by atoms with Gasteiger partial charge in [0.25, 0.3) is 0 Å². The molecule has 0 atom stereocenters. The lowest BCUT2D eigenvalue weighted by molar-refractivity contribution is -0.151. The Morgan fingerprint density at radius 1 is 1.14 bits per heavy atom. The lowest BCUT2D eigenvalue weighted by Gasteiger charge is -1.99. The molecular formula is C11H18O3. The zero-order chi connectivity index (χ0) is 10.6. The first-order valence-corrected chi connectivity index (χ1v) is 5.05. The molecule has 0 amide bonds. The number of carbonyl (C=O) groups excluding carboxylic acids is 2. The van der Waals surface area contributed by atoms with Crippen molar-refractivity contribution in [3.8, 4) is 0 Å². The van der Waals surface area contributed by atoms with Crippen LogP contribution in [0.4, 0.5) is 0 Å². The average molecular weight is 198 g/mol. The van der Waals surface area contributed by atoms with Crippen molar-refractivity contribution >= 4 is 12.4 Å². The molecule has 0 aromatic carbocycles. The van der Waals surface area contributed by atoms with Gasteiger partial charge in [-0.3, -0.25) is 9.59 Å². The van der Waals surface area contributed by atoms with E-state index in [-0.39, 0.29) is 6.47 Å². The molecular weight excluding hydrogens is 180 g/mol. The Balaban J connectivity index is 3.08. The van der Waals surface area contributed by atoms with Gasteiger partial charge in [-0.25, -0.2) is 0 Å². The highest BCUT2D eigenvalue weighted by molar-refractivity contribution is 5.76. The average Bonchev–Trinajstić information content (AvgIpc) is 2.17. The van der Waals surface area contributed by atoms with E-state index >= 15 is 0 Å². The summed E-state index contributed by atoms with van der Waals surface area (Å²) in [6.45, 7) is 3.83. The first-order valence-electron chi connectivity index (χ1n) is 5.05. The van der Waals surface area contributed by atoms with Gasteiger partial charge < -0.3 is 4.74 Å². The van der Waals surface area contributed by atoms with E-state index in [0.29, 0.717) is 6.42 Å². The summed E-state index contributed by atoms with van der Waals surface area (Å²) in [4.78, 5) is 20.5. The van der Waals surface area contributed by atoms with Crippen LogP contribution in [0.2, 0.25) is 0 Å². The quantitative estimate of drug-likeness (QED) is 0.188. The maximum atomic E-state index is 10.7. The molecule has 0 bridgehead atoms. The van der Waals surface area contributed by atoms with Crippen molar-refractivity contribution in [2.45, 2.75) is 44.9 Å². The normalized spacial score (nSPS) is 9.43. The van der Waals surface area contributed by atoms with Gasteiger partial charge in [-0.1, -0.05) is 25.3 Å². The largest absolute Gasteiger partial charge is 0.395 e. The van der Waals surface area contributed by atoms with E-state index in [4.69, 9.17) is 0 Å². The lowest BCUT2D eigenvalue weighted by Crippen LogP contribution is -2.01. The second kappa shape index (κ2) is 9.96. The Labute approximate surface area is 85.1 Å². The smallest absolute Gasteiger partial charge is 0.313 e. The first kappa shape index (κ1) is 12.9. The van der Waals surface area contributed by atoms with E-state index in [0.717, 1.165) is 25.7 Å². The van der Waals surface area contributed by atoms with Gasteiger partial charge in [-0.15, -0.1) is 6.58 Å². The highest BCUT2D eigenvalue weighted by atomic mass is 16.6. The zero-order valence-corrected chi connectivity index (χ0v) is 8.54. The molecule has 14 heavy (non-hydrogen) atoms. The van der Waals surface area contributed by atoms with Crippen molar-refractivity contribution in [3.05, 3.63) is 12.7 Å². The fourth-order valence-electron chi connectivity index (χ4n) is 1.20. The van der Waals surface area contributed by atoms with E-state index in [1.165, 1.54) is 12.8 Å². The van der Waals surface area contributed by atoms with E-state index in [9.17, 15) is 9.59 Å². The topological polar surface area (TPSA) is 43.4 Å². The molecule has 3 heteroatoms. The standard InChI is InChI=1S/C11H18O3/c1-2-3-4-5-6-7-8-9-11(13)14-10-12/h2,10H,1,3-9H2. The number of rotatable bonds is 9. The number of allylic oxidation sites excluding steroid dienone is 1. The van der Waals surface area contributed by atoms with Gasteiger partial charge in [-0.05, 0) is 19.3 Å². The SMILES string of the molecule is C=CCCCCCCCC(=O)OC=O. The van der Waals surface area contributed by atoms with Crippen molar-refractivity contribution in [3.63, 3.8) is 0 Å². The summed E-state index contributed by atoms with van der Waals surface area (Å²) < 4.78 is 4.15. The number of esters is 1. The Hall–Kier alpha value is -1.12. The molecule has 0 aromatic heterocycles. The van der Waals surface area contributed by atoms with Crippen LogP contribution in [0.25, 0.3) is 0 Å². The molecule has 0 heterocycles. The molecule has 0 aromatic rings. The van der Waals surface area contributed by atoms with Gasteiger partial charge in [0, 0.05) is 6.42 Å². The van der Waals surface area contributed by atoms with Gasteiger partial charge in [0.2, 0.25) is 0 Å². The molecule has 0 saturated heterocycles. The number of hydrogen-bond donors (Lipinski definition) is 0. The van der Waals surface area contributed by atoms with Crippen molar-refractivity contribution in [1.29, 1.82) is 0 Å². The van der Waals surface area contributed by atoms with E-state index in [1.807, 2.05) is 6.08 Å². The van der Waals surface area contributed by atoms with Crippen LogP contribution < -0.4 is 0 Å². The fourth-order valence-corrected chi connectivity index (χ4v) is 1.20. The van der Waals surface area contributed by atoms with Crippen molar-refractivity contribution in [2.24, 2.45) is 0 Å². The maximum absolute atomic E-state index is 10.7. The first-order chi connectivity index (χ1) is 6.81. The van der Waals surface area contributed by atoms with Crippen LogP contribution in [-0.2, 0) is 14.3 Å². The third-order valence-electron chi connectivity index (χ3n) is 1.97. The van der Waals surface area contributed by atoms with Crippen LogP contribution in [0.3, 0.4) is 0 Å². The van der Waals surface area contributed by atoms with Gasteiger partial charge in [0.15, 0.2) is 0 Å². The highest BCUT2D eigenvalue weighted by Crippen LogP contribution is 2.07. The molecule has 0 fully saturated rings. The molecule has 0 aliphatic heterocycles. The highest BCUT2D eigenvalue weighted by Gasteiger charge is 2.00. The molecule has 80 valence electrons. The van der Waals surface area contributed by atoms with Crippen LogP contribution >= 0.6 is 0 Å². The summed E-state index contributed by atoms with van der Waals surface area (Å²) in [7, 11) is 0. The number of unbranched alkanes of at least 4 members (excludes halogenated alkanes) is 5. The second-order valence-electron chi connectivity index (χ2n) is 3.18. The Morgan fingerprint density at radius 3 is 2.43 bits per heavy atom. The van der Waals surface area contributed by atoms with Crippen LogP contribution in [0, 0.1) is 0 Å². The monoisotopic (exact) mass is 198 g/mol. The van der Waals surface area contributed by atoms with E-state index in [1.54, 1.807) is 0 Å². The summed E-state index contributed by atoms with van der Waals surface area (Å²) >= 11 is 0. The van der Waals surface area contributed by atoms with Crippen molar-refractivity contribution < 1.29 is 14.3 Å². The van der Waals surface area contributed by atoms with Gasteiger partial charge >= 0.3 is 12.4 Å². The van der Waals surface area contributed by atoms with Crippen molar-refractivity contribution in [1.82, 2.24) is 0 Å². The summed E-state index contributed by atoms with van der Waals surface area (Å²) in [6, 6.07) is 0. The number of carbonyl (C=O) groups is 2. The molecule has 0 unspecified atom stereocenters. The fraction of sp³-hybridized carbons (Fsp3) is 0.636. The van der Waals surface area contributed by atoms with Crippen LogP contribution in [0.15, 0.2) is 12.7 Å². The predicted molar refractivity (Wildman–Crippen MR) is 54.7 cm³/mol.